The Hall–Kier alpha value is -3.27. The summed E-state index contributed by atoms with van der Waals surface area (Å²) in [4.78, 5) is 32.4. The van der Waals surface area contributed by atoms with Crippen molar-refractivity contribution in [1.82, 2.24) is 4.57 Å². The number of phenols is 1. The molecule has 0 amide bonds. The van der Waals surface area contributed by atoms with E-state index in [9.17, 15) is 14.7 Å². The number of carbonyl (C=O) groups is 1. The summed E-state index contributed by atoms with van der Waals surface area (Å²) >= 11 is 13.4. The Labute approximate surface area is 233 Å². The monoisotopic (exact) mass is 576 g/mol. The van der Waals surface area contributed by atoms with Crippen molar-refractivity contribution in [2.45, 2.75) is 32.7 Å². The average molecular weight is 577 g/mol. The highest BCUT2D eigenvalue weighted by molar-refractivity contribution is 7.07. The molecular weight excluding hydrogens is 551 g/mol. The molecule has 11 heteroatoms. The summed E-state index contributed by atoms with van der Waals surface area (Å²) in [5.74, 6) is 0.220. The standard InChI is InChI=1S/C27H26Cl2N2O6S/c1-5-7-19-22(26(34)37-6-2)23(17-13-16(35-3)8-9-20(17)36-4)31-25(33)21(38-27(31)30-19)11-14-10-15(28)12-18(29)24(14)32/h8-13,23,32H,5-7H2,1-4H3/b21-11-/t23-/m1/s1. The van der Waals surface area contributed by atoms with E-state index in [1.54, 1.807) is 25.1 Å². The van der Waals surface area contributed by atoms with Crippen molar-refractivity contribution in [2.75, 3.05) is 20.8 Å². The highest BCUT2D eigenvalue weighted by Gasteiger charge is 2.36. The SMILES string of the molecule is CCCC1=C(C(=O)OCC)[C@@H](c2cc(OC)ccc2OC)n2c(s/c(=C\c3cc(Cl)cc(Cl)c3O)c2=O)=N1. The van der Waals surface area contributed by atoms with Crippen LogP contribution >= 0.6 is 34.5 Å². The fourth-order valence-electron chi connectivity index (χ4n) is 4.31. The van der Waals surface area contributed by atoms with Gasteiger partial charge in [0.05, 0.1) is 41.7 Å². The van der Waals surface area contributed by atoms with E-state index in [-0.39, 0.29) is 33.0 Å². The lowest BCUT2D eigenvalue weighted by Crippen LogP contribution is -2.40. The molecule has 2 heterocycles. The number of esters is 1. The summed E-state index contributed by atoms with van der Waals surface area (Å²) in [7, 11) is 3.05. The Balaban J connectivity index is 2.08. The third-order valence-corrected chi connectivity index (χ3v) is 7.46. The van der Waals surface area contributed by atoms with Gasteiger partial charge in [-0.25, -0.2) is 9.79 Å². The second-order valence-corrected chi connectivity index (χ2v) is 10.2. The number of allylic oxidation sites excluding steroid dienone is 1. The Bertz CT molecular complexity index is 1610. The maximum Gasteiger partial charge on any atom is 0.338 e. The van der Waals surface area contributed by atoms with Gasteiger partial charge in [0, 0.05) is 16.1 Å². The lowest BCUT2D eigenvalue weighted by atomic mass is 9.93. The van der Waals surface area contributed by atoms with Crippen molar-refractivity contribution in [1.29, 1.82) is 0 Å². The van der Waals surface area contributed by atoms with Crippen LogP contribution in [0.2, 0.25) is 10.0 Å². The van der Waals surface area contributed by atoms with Crippen LogP contribution in [0.1, 0.15) is 43.9 Å². The van der Waals surface area contributed by atoms with Gasteiger partial charge in [0.25, 0.3) is 5.56 Å². The van der Waals surface area contributed by atoms with Gasteiger partial charge in [0.2, 0.25) is 0 Å². The van der Waals surface area contributed by atoms with Crippen LogP contribution in [-0.4, -0.2) is 36.5 Å². The third kappa shape index (κ3) is 5.18. The Morgan fingerprint density at radius 1 is 1.18 bits per heavy atom. The molecule has 4 rings (SSSR count). The number of rotatable bonds is 8. The molecule has 0 radical (unpaired) electrons. The van der Waals surface area contributed by atoms with Crippen LogP contribution in [0.25, 0.3) is 6.08 Å². The predicted octanol–water partition coefficient (Wildman–Crippen LogP) is 4.61. The molecule has 1 aromatic heterocycles. The molecule has 0 saturated carbocycles. The maximum atomic E-state index is 13.9. The second kappa shape index (κ2) is 11.6. The molecule has 0 unspecified atom stereocenters. The van der Waals surface area contributed by atoms with Crippen LogP contribution in [0, 0.1) is 0 Å². The van der Waals surface area contributed by atoms with Gasteiger partial charge < -0.3 is 19.3 Å². The van der Waals surface area contributed by atoms with Crippen LogP contribution in [-0.2, 0) is 9.53 Å². The number of carbonyl (C=O) groups excluding carboxylic acids is 1. The second-order valence-electron chi connectivity index (χ2n) is 8.35. The van der Waals surface area contributed by atoms with Crippen molar-refractivity contribution in [2.24, 2.45) is 4.99 Å². The van der Waals surface area contributed by atoms with E-state index in [2.05, 4.69) is 0 Å². The van der Waals surface area contributed by atoms with Gasteiger partial charge in [-0.15, -0.1) is 0 Å². The zero-order valence-corrected chi connectivity index (χ0v) is 23.5. The normalized spacial score (nSPS) is 15.2. The van der Waals surface area contributed by atoms with Crippen LogP contribution < -0.4 is 24.4 Å². The molecule has 200 valence electrons. The summed E-state index contributed by atoms with van der Waals surface area (Å²) in [6, 6.07) is 7.22. The van der Waals surface area contributed by atoms with Gasteiger partial charge in [-0.05, 0) is 49.8 Å². The minimum atomic E-state index is -0.893. The van der Waals surface area contributed by atoms with Crippen molar-refractivity contribution in [3.05, 3.63) is 82.5 Å². The van der Waals surface area contributed by atoms with Gasteiger partial charge in [-0.2, -0.15) is 0 Å². The largest absolute Gasteiger partial charge is 0.506 e. The molecule has 1 atom stereocenters. The summed E-state index contributed by atoms with van der Waals surface area (Å²) in [6.45, 7) is 3.85. The van der Waals surface area contributed by atoms with Gasteiger partial charge in [-0.1, -0.05) is 47.9 Å². The molecule has 38 heavy (non-hydrogen) atoms. The number of hydrogen-bond acceptors (Lipinski definition) is 8. The van der Waals surface area contributed by atoms with Gasteiger partial charge >= 0.3 is 5.97 Å². The first-order valence-electron chi connectivity index (χ1n) is 11.9. The quantitative estimate of drug-likeness (QED) is 0.393. The number of hydrogen-bond donors (Lipinski definition) is 1. The third-order valence-electron chi connectivity index (χ3n) is 5.97. The van der Waals surface area contributed by atoms with E-state index in [4.69, 9.17) is 42.4 Å². The molecule has 0 fully saturated rings. The molecule has 0 bridgehead atoms. The van der Waals surface area contributed by atoms with Crippen LogP contribution in [0.5, 0.6) is 17.2 Å². The summed E-state index contributed by atoms with van der Waals surface area (Å²) in [5, 5.41) is 10.8. The summed E-state index contributed by atoms with van der Waals surface area (Å²) in [6.07, 6.45) is 2.71. The molecule has 8 nitrogen and oxygen atoms in total. The number of halogens is 2. The van der Waals surface area contributed by atoms with Crippen molar-refractivity contribution < 1.29 is 24.1 Å². The van der Waals surface area contributed by atoms with Crippen molar-refractivity contribution >= 4 is 46.6 Å². The lowest BCUT2D eigenvalue weighted by molar-refractivity contribution is -0.139. The van der Waals surface area contributed by atoms with Crippen LogP contribution in [0.15, 0.2) is 51.4 Å². The minimum Gasteiger partial charge on any atom is -0.506 e. The number of fused-ring (bicyclic) bond motifs is 1. The first-order valence-corrected chi connectivity index (χ1v) is 13.4. The first kappa shape index (κ1) is 27.8. The maximum absolute atomic E-state index is 13.9. The number of thiazole rings is 1. The molecule has 0 spiro atoms. The number of aromatic hydroxyl groups is 1. The summed E-state index contributed by atoms with van der Waals surface area (Å²) in [5.41, 5.74) is 1.19. The Morgan fingerprint density at radius 3 is 2.61 bits per heavy atom. The zero-order chi connectivity index (χ0) is 27.6. The van der Waals surface area contributed by atoms with Crippen molar-refractivity contribution in [3.63, 3.8) is 0 Å². The molecule has 0 aliphatic carbocycles. The van der Waals surface area contributed by atoms with E-state index in [0.717, 1.165) is 11.3 Å². The molecule has 0 saturated heterocycles. The highest BCUT2D eigenvalue weighted by Crippen LogP contribution is 2.39. The minimum absolute atomic E-state index is 0.0605. The molecular formula is C27H26Cl2N2O6S. The highest BCUT2D eigenvalue weighted by atomic mass is 35.5. The van der Waals surface area contributed by atoms with Gasteiger partial charge in [0.1, 0.15) is 23.3 Å². The van der Waals surface area contributed by atoms with Gasteiger partial charge in [-0.3, -0.25) is 9.36 Å². The Morgan fingerprint density at radius 2 is 1.95 bits per heavy atom. The average Bonchev–Trinajstić information content (AvgIpc) is 3.20. The number of phenolic OH excluding ortho intramolecular Hbond substituents is 1. The fraction of sp³-hybridized carbons (Fsp3) is 0.296. The van der Waals surface area contributed by atoms with E-state index in [0.29, 0.717) is 45.4 Å². The van der Waals surface area contributed by atoms with Crippen molar-refractivity contribution in [3.8, 4) is 17.2 Å². The fourth-order valence-corrected chi connectivity index (χ4v) is 5.83. The molecule has 1 aliphatic heterocycles. The van der Waals surface area contributed by atoms with Gasteiger partial charge in [0.15, 0.2) is 4.80 Å². The Kier molecular flexibility index (Phi) is 8.50. The lowest BCUT2D eigenvalue weighted by Gasteiger charge is -2.27. The number of nitrogens with zero attached hydrogens (tertiary/aromatic N) is 2. The predicted molar refractivity (Wildman–Crippen MR) is 147 cm³/mol. The molecule has 2 aromatic carbocycles. The number of methoxy groups -OCH3 is 2. The topological polar surface area (TPSA) is 99.4 Å². The zero-order valence-electron chi connectivity index (χ0n) is 21.2. The first-order chi connectivity index (χ1) is 18.2. The number of aromatic nitrogens is 1. The number of ether oxygens (including phenoxy) is 3. The van der Waals surface area contributed by atoms with E-state index >= 15 is 0 Å². The summed E-state index contributed by atoms with van der Waals surface area (Å²) < 4.78 is 18.2. The number of benzene rings is 2. The molecule has 1 N–H and O–H groups in total. The van der Waals surface area contributed by atoms with Crippen LogP contribution in [0.4, 0.5) is 0 Å². The van der Waals surface area contributed by atoms with E-state index in [1.165, 1.54) is 37.0 Å². The molecule has 3 aromatic rings. The smallest absolute Gasteiger partial charge is 0.338 e. The molecule has 1 aliphatic rings. The van der Waals surface area contributed by atoms with E-state index in [1.807, 2.05) is 6.92 Å². The van der Waals surface area contributed by atoms with Crippen LogP contribution in [0.3, 0.4) is 0 Å². The van der Waals surface area contributed by atoms with E-state index < -0.39 is 17.6 Å².